The number of aryl methyl sites for hydroxylation is 12. The molecule has 5 nitrogen and oxygen atoms in total. The van der Waals surface area contributed by atoms with Crippen molar-refractivity contribution in [3.05, 3.63) is 269 Å². The van der Waals surface area contributed by atoms with Crippen LogP contribution < -0.4 is 22.8 Å². The Labute approximate surface area is 490 Å². The van der Waals surface area contributed by atoms with Gasteiger partial charge in [-0.2, -0.15) is 0 Å². The summed E-state index contributed by atoms with van der Waals surface area (Å²) in [5.74, 6) is 0.172. The summed E-state index contributed by atoms with van der Waals surface area (Å²) in [5.41, 5.74) is 21.7. The van der Waals surface area contributed by atoms with Crippen molar-refractivity contribution in [2.24, 2.45) is 41.2 Å². The molecule has 5 heterocycles. The molecule has 0 N–H and O–H groups in total. The maximum absolute atomic E-state index is 8.08. The number of benzene rings is 5. The fourth-order valence-electron chi connectivity index (χ4n) is 9.68. The van der Waals surface area contributed by atoms with E-state index in [1.807, 2.05) is 119 Å². The molecule has 5 heteroatoms. The van der Waals surface area contributed by atoms with Crippen molar-refractivity contribution < 1.29 is 31.1 Å². The third-order valence-corrected chi connectivity index (χ3v) is 14.2. The van der Waals surface area contributed by atoms with Crippen LogP contribution in [0.15, 0.2) is 219 Å². The van der Waals surface area contributed by atoms with Crippen molar-refractivity contribution in [3.8, 4) is 56.3 Å². The first-order valence-electron chi connectivity index (χ1n) is 30.8. The number of aromatic nitrogens is 5. The van der Waals surface area contributed by atoms with Gasteiger partial charge in [-0.3, -0.25) is 0 Å². The van der Waals surface area contributed by atoms with Crippen LogP contribution in [0.3, 0.4) is 0 Å². The van der Waals surface area contributed by atoms with Gasteiger partial charge in [-0.25, -0.2) is 22.8 Å². The normalized spacial score (nSPS) is 12.2. The minimum Gasteiger partial charge on any atom is -0.201 e. The highest BCUT2D eigenvalue weighted by molar-refractivity contribution is 5.64. The lowest BCUT2D eigenvalue weighted by Gasteiger charge is -2.09. The number of hydrogen-bond donors (Lipinski definition) is 0. The van der Waals surface area contributed by atoms with E-state index in [2.05, 4.69) is 209 Å². The van der Waals surface area contributed by atoms with Crippen LogP contribution in [0.1, 0.15) is 98.8 Å². The van der Waals surface area contributed by atoms with E-state index in [4.69, 9.17) is 8.22 Å². The van der Waals surface area contributed by atoms with E-state index in [0.717, 1.165) is 40.1 Å². The van der Waals surface area contributed by atoms with E-state index in [-0.39, 0.29) is 0 Å². The molecule has 0 amide bonds. The second-order valence-corrected chi connectivity index (χ2v) is 21.4. The lowest BCUT2D eigenvalue weighted by molar-refractivity contribution is -0.660. The standard InChI is InChI=1S/C17H22N.C16H20N.3C14H16N/c1-13(2)11-15-8-9-16(14(3)12-15)17-7-5-6-10-18(17)4;1-12(2)14-8-9-15(13(3)11-14)16-7-5-6-10-17(16)4;1-11-7-8-13(12(2)10-11)14-6-4-5-9-15(14)3;1-11-7-8-12(2)13(10-11)14-6-4-5-9-15(14)3;1-3-12-7-9-13(10-8-12)14-6-4-5-11-15(14)2/h5-10,12-13H,11H2,1-4H3;5-12H,1-4H3;2*4-10H,1-3H3;4-11H,3H2,1-2H3/q5*+1/i;12D;1D3;;3D2. The highest BCUT2D eigenvalue weighted by Gasteiger charge is 2.15. The minimum absolute atomic E-state index is 0.391. The van der Waals surface area contributed by atoms with Gasteiger partial charge < -0.3 is 0 Å². The molecule has 5 aromatic carbocycles. The van der Waals surface area contributed by atoms with Crippen LogP contribution in [0.2, 0.25) is 0 Å². The molecule has 0 fully saturated rings. The molecular formula is C75H90N5+5. The van der Waals surface area contributed by atoms with Crippen LogP contribution in [-0.2, 0) is 48.0 Å². The topological polar surface area (TPSA) is 19.4 Å². The lowest BCUT2D eigenvalue weighted by Crippen LogP contribution is -2.30. The Morgan fingerprint density at radius 1 is 0.388 bits per heavy atom. The predicted octanol–water partition coefficient (Wildman–Crippen LogP) is 15.6. The molecule has 0 unspecified atom stereocenters. The van der Waals surface area contributed by atoms with E-state index in [1.54, 1.807) is 19.1 Å². The number of hydrogen-bond acceptors (Lipinski definition) is 0. The Balaban J connectivity index is 0.000000172. The van der Waals surface area contributed by atoms with E-state index in [1.165, 1.54) is 61.6 Å². The number of pyridine rings is 5. The maximum Gasteiger partial charge on any atom is 0.212 e. The van der Waals surface area contributed by atoms with Crippen molar-refractivity contribution in [1.82, 2.24) is 0 Å². The molecule has 0 atom stereocenters. The molecule has 410 valence electrons. The lowest BCUT2D eigenvalue weighted by atomic mass is 9.96. The van der Waals surface area contributed by atoms with Crippen molar-refractivity contribution >= 4 is 0 Å². The van der Waals surface area contributed by atoms with Crippen LogP contribution in [0.5, 0.6) is 0 Å². The number of rotatable bonds is 9. The van der Waals surface area contributed by atoms with Crippen LogP contribution in [0.4, 0.5) is 0 Å². The third kappa shape index (κ3) is 17.2. The smallest absolute Gasteiger partial charge is 0.201 e. The molecular weight excluding hydrogens is 971 g/mol. The van der Waals surface area contributed by atoms with E-state index >= 15 is 0 Å². The van der Waals surface area contributed by atoms with Gasteiger partial charge in [0.25, 0.3) is 0 Å². The highest BCUT2D eigenvalue weighted by atomic mass is 14.9. The molecule has 0 spiro atoms. The van der Waals surface area contributed by atoms with Gasteiger partial charge in [-0.15, -0.1) is 0 Å². The fourth-order valence-corrected chi connectivity index (χ4v) is 9.68. The molecule has 10 aromatic rings. The second-order valence-electron chi connectivity index (χ2n) is 21.4. The highest BCUT2D eigenvalue weighted by Crippen LogP contribution is 2.26. The van der Waals surface area contributed by atoms with Gasteiger partial charge in [0.05, 0.1) is 0 Å². The SMILES string of the molecule is Cc1cc(CC(C)C)ccc1-c1cccc[n+]1C.Cc1ccc(C)c(-c2cccc[n+]2C)c1.[2H]C(C)(C)c1ccc(-c2cccc[n+]2C)c(C)c1.[2H]C([2H])(C)c1ccc(-c2cccc[n+]2C)cc1.[2H]C([2H])([2H])c1ccc(-c2cccc[n+]2C)c(C)c1. The summed E-state index contributed by atoms with van der Waals surface area (Å²) in [6.07, 6.45) is 10.1. The Hall–Kier alpha value is -8.15. The summed E-state index contributed by atoms with van der Waals surface area (Å²) in [7, 11) is 10.2. The molecule has 10 rings (SSSR count). The van der Waals surface area contributed by atoms with E-state index < -0.39 is 19.1 Å². The first-order valence-corrected chi connectivity index (χ1v) is 27.8. The zero-order chi connectivity index (χ0) is 63.1. The summed E-state index contributed by atoms with van der Waals surface area (Å²) < 4.78 is 56.2. The van der Waals surface area contributed by atoms with E-state index in [9.17, 15) is 0 Å². The van der Waals surface area contributed by atoms with Crippen LogP contribution in [0.25, 0.3) is 56.3 Å². The van der Waals surface area contributed by atoms with Gasteiger partial charge in [0.1, 0.15) is 35.2 Å². The Morgan fingerprint density at radius 2 is 0.787 bits per heavy atom. The molecule has 5 aromatic heterocycles. The van der Waals surface area contributed by atoms with Crippen molar-refractivity contribution in [1.29, 1.82) is 0 Å². The average molecular weight is 1070 g/mol. The van der Waals surface area contributed by atoms with Gasteiger partial charge in [-0.05, 0) is 172 Å². The Kier molecular flexibility index (Phi) is 19.5. The first kappa shape index (κ1) is 52.5. The Bertz CT molecular complexity index is 3750. The van der Waals surface area contributed by atoms with Crippen LogP contribution >= 0.6 is 0 Å². The van der Waals surface area contributed by atoms with E-state index in [0.29, 0.717) is 17.0 Å². The molecule has 0 saturated heterocycles. The average Bonchev–Trinajstić information content (AvgIpc) is 3.61. The summed E-state index contributed by atoms with van der Waals surface area (Å²) in [5, 5.41) is 0. The molecule has 0 bridgehead atoms. The minimum atomic E-state index is -2.04. The first-order chi connectivity index (χ1) is 40.5. The zero-order valence-corrected chi connectivity index (χ0v) is 50.3. The molecule has 0 saturated carbocycles. The summed E-state index contributed by atoms with van der Waals surface area (Å²) in [6, 6.07) is 63.5. The number of nitrogens with zero attached hydrogens (tertiary/aromatic N) is 5. The van der Waals surface area contributed by atoms with Crippen molar-refractivity contribution in [2.45, 2.75) is 94.8 Å². The summed E-state index contributed by atoms with van der Waals surface area (Å²) >= 11 is 0. The van der Waals surface area contributed by atoms with Crippen molar-refractivity contribution in [3.63, 3.8) is 0 Å². The zero-order valence-electron chi connectivity index (χ0n) is 56.3. The second kappa shape index (κ2) is 29.7. The molecule has 0 radical (unpaired) electrons. The van der Waals surface area contributed by atoms with Gasteiger partial charge in [-0.1, -0.05) is 106 Å². The van der Waals surface area contributed by atoms with Crippen LogP contribution in [-0.4, -0.2) is 0 Å². The quantitative estimate of drug-likeness (QED) is 0.128. The van der Waals surface area contributed by atoms with Gasteiger partial charge in [0.15, 0.2) is 31.0 Å². The molecule has 0 aliphatic rings. The molecule has 0 aliphatic heterocycles. The molecule has 80 heavy (non-hydrogen) atoms. The monoisotopic (exact) mass is 1070 g/mol. The summed E-state index contributed by atoms with van der Waals surface area (Å²) in [4.78, 5) is 0. The fraction of sp³-hybridized carbons (Fsp3) is 0.267. The van der Waals surface area contributed by atoms with Crippen molar-refractivity contribution in [2.75, 3.05) is 0 Å². The van der Waals surface area contributed by atoms with Crippen LogP contribution in [0, 0.1) is 47.4 Å². The van der Waals surface area contributed by atoms with Gasteiger partial charge in [0, 0.05) is 96.7 Å². The largest absolute Gasteiger partial charge is 0.212 e. The van der Waals surface area contributed by atoms with Gasteiger partial charge in [0.2, 0.25) is 28.5 Å². The summed E-state index contributed by atoms with van der Waals surface area (Å²) in [6.45, 7) is 18.4. The Morgan fingerprint density at radius 3 is 1.19 bits per heavy atom. The maximum atomic E-state index is 8.08. The third-order valence-electron chi connectivity index (χ3n) is 14.2. The predicted molar refractivity (Wildman–Crippen MR) is 336 cm³/mol. The van der Waals surface area contributed by atoms with Gasteiger partial charge >= 0.3 is 0 Å². The molecule has 0 aliphatic carbocycles.